The lowest BCUT2D eigenvalue weighted by Gasteiger charge is -2.41. The summed E-state index contributed by atoms with van der Waals surface area (Å²) in [6.45, 7) is 29.8. The molecule has 0 spiro atoms. The molecule has 0 radical (unpaired) electrons. The van der Waals surface area contributed by atoms with E-state index in [0.29, 0.717) is 6.17 Å². The van der Waals surface area contributed by atoms with Crippen LogP contribution < -0.4 is 0 Å². The van der Waals surface area contributed by atoms with E-state index in [-0.39, 0.29) is 0 Å². The van der Waals surface area contributed by atoms with Crippen LogP contribution in [-0.4, -0.2) is 82.5 Å². The second-order valence-corrected chi connectivity index (χ2v) is 27.6. The molecule has 168 valence electrons. The van der Waals surface area contributed by atoms with Gasteiger partial charge >= 0.3 is 17.1 Å². The standard InChI is InChI=1S/C19H49N2O3Si4/c1-13-20(3)19-18-21(19,14-2)16-15-17-28(12,23-26(7,8)9)24-27(10,11)22-25(4,5)6/h19H,13-18H2,1-12H3/q+1. The highest BCUT2D eigenvalue weighted by Gasteiger charge is 2.55. The summed E-state index contributed by atoms with van der Waals surface area (Å²) in [4.78, 5) is 2.51. The van der Waals surface area contributed by atoms with Gasteiger partial charge in [-0.3, -0.25) is 9.38 Å². The molecule has 0 saturated carbocycles. The van der Waals surface area contributed by atoms with Crippen LogP contribution in [-0.2, 0) is 12.3 Å². The average molecular weight is 466 g/mol. The number of likely N-dealkylation sites (N-methyl/N-ethyl adjacent to an activating group) is 2. The van der Waals surface area contributed by atoms with E-state index in [9.17, 15) is 0 Å². The highest BCUT2D eigenvalue weighted by molar-refractivity contribution is 6.89. The van der Waals surface area contributed by atoms with E-state index in [0.717, 1.165) is 12.6 Å². The van der Waals surface area contributed by atoms with Crippen LogP contribution in [0.2, 0.25) is 65.0 Å². The van der Waals surface area contributed by atoms with Crippen LogP contribution >= 0.6 is 0 Å². The molecule has 3 unspecified atom stereocenters. The van der Waals surface area contributed by atoms with Gasteiger partial charge in [-0.15, -0.1) is 0 Å². The zero-order valence-corrected chi connectivity index (χ0v) is 24.9. The maximum atomic E-state index is 6.83. The topological polar surface area (TPSA) is 30.9 Å². The summed E-state index contributed by atoms with van der Waals surface area (Å²) in [5, 5.41) is 0. The van der Waals surface area contributed by atoms with E-state index >= 15 is 0 Å². The van der Waals surface area contributed by atoms with Crippen LogP contribution in [0.4, 0.5) is 0 Å². The van der Waals surface area contributed by atoms with Gasteiger partial charge in [0.1, 0.15) is 6.54 Å². The molecule has 1 saturated heterocycles. The van der Waals surface area contributed by atoms with E-state index in [1.807, 2.05) is 0 Å². The van der Waals surface area contributed by atoms with Crippen LogP contribution in [0.5, 0.6) is 0 Å². The van der Waals surface area contributed by atoms with Gasteiger partial charge in [0, 0.05) is 6.54 Å². The normalized spacial score (nSPS) is 25.8. The molecule has 0 aromatic heterocycles. The smallest absolute Gasteiger partial charge is 0.316 e. The SMILES string of the molecule is CCN(C)C1C[N+]1(CC)CCC[Si](C)(O[Si](C)(C)C)O[Si](C)(C)O[Si](C)(C)C. The first-order valence-corrected chi connectivity index (χ1v) is 23.3. The summed E-state index contributed by atoms with van der Waals surface area (Å²) in [5.74, 6) is 0. The van der Waals surface area contributed by atoms with Gasteiger partial charge in [-0.1, -0.05) is 6.92 Å². The van der Waals surface area contributed by atoms with E-state index in [4.69, 9.17) is 12.3 Å². The third-order valence-electron chi connectivity index (χ3n) is 5.43. The monoisotopic (exact) mass is 465 g/mol. The van der Waals surface area contributed by atoms with Crippen molar-refractivity contribution in [3.05, 3.63) is 0 Å². The van der Waals surface area contributed by atoms with E-state index in [1.54, 1.807) is 0 Å². The minimum absolute atomic E-state index is 0.711. The Bertz CT molecular complexity index is 510. The number of rotatable bonds is 13. The molecule has 3 atom stereocenters. The molecular formula is C19H49N2O3Si4+. The van der Waals surface area contributed by atoms with Crippen molar-refractivity contribution in [3.8, 4) is 0 Å². The van der Waals surface area contributed by atoms with Crippen molar-refractivity contribution in [1.82, 2.24) is 4.90 Å². The minimum Gasteiger partial charge on any atom is -0.437 e. The largest absolute Gasteiger partial charge is 0.437 e. The first-order valence-electron chi connectivity index (χ1n) is 11.1. The molecule has 0 aliphatic carbocycles. The summed E-state index contributed by atoms with van der Waals surface area (Å²) in [5.41, 5.74) is 0. The maximum absolute atomic E-state index is 6.83. The Kier molecular flexibility index (Phi) is 9.00. The average Bonchev–Trinajstić information content (AvgIpc) is 3.15. The quantitative estimate of drug-likeness (QED) is 0.218. The number of quaternary nitrogens is 1. The summed E-state index contributed by atoms with van der Waals surface area (Å²) in [7, 11) is -5.50. The predicted octanol–water partition coefficient (Wildman–Crippen LogP) is 5.00. The van der Waals surface area contributed by atoms with Gasteiger partial charge in [0.15, 0.2) is 22.8 Å². The minimum atomic E-state index is -2.27. The molecule has 1 rings (SSSR count). The van der Waals surface area contributed by atoms with Crippen molar-refractivity contribution in [3.63, 3.8) is 0 Å². The van der Waals surface area contributed by atoms with Gasteiger partial charge in [0.05, 0.1) is 13.1 Å². The van der Waals surface area contributed by atoms with Gasteiger partial charge in [-0.05, 0) is 85.4 Å². The molecule has 1 aliphatic heterocycles. The van der Waals surface area contributed by atoms with E-state index < -0.39 is 33.8 Å². The van der Waals surface area contributed by atoms with Crippen molar-refractivity contribution >= 4 is 33.8 Å². The number of hydrogen-bond acceptors (Lipinski definition) is 4. The van der Waals surface area contributed by atoms with E-state index in [2.05, 4.69) is 84.7 Å². The Morgan fingerprint density at radius 2 is 1.39 bits per heavy atom. The fourth-order valence-electron chi connectivity index (χ4n) is 4.55. The molecule has 0 amide bonds. The maximum Gasteiger partial charge on any atom is 0.316 e. The summed E-state index contributed by atoms with van der Waals surface area (Å²) in [6.07, 6.45) is 1.90. The molecule has 0 bridgehead atoms. The van der Waals surface area contributed by atoms with Gasteiger partial charge in [0.2, 0.25) is 0 Å². The van der Waals surface area contributed by atoms with Crippen molar-refractivity contribution < 1.29 is 16.8 Å². The molecular weight excluding hydrogens is 417 g/mol. The van der Waals surface area contributed by atoms with Crippen LogP contribution in [0.15, 0.2) is 0 Å². The third kappa shape index (κ3) is 8.81. The molecule has 0 aromatic rings. The predicted molar refractivity (Wildman–Crippen MR) is 131 cm³/mol. The summed E-state index contributed by atoms with van der Waals surface area (Å²) >= 11 is 0. The Balaban J connectivity index is 2.79. The molecule has 0 aromatic carbocycles. The van der Waals surface area contributed by atoms with Crippen molar-refractivity contribution in [2.24, 2.45) is 0 Å². The molecule has 1 fully saturated rings. The zero-order valence-electron chi connectivity index (χ0n) is 20.9. The van der Waals surface area contributed by atoms with Crippen LogP contribution in [0, 0.1) is 0 Å². The molecule has 1 aliphatic rings. The van der Waals surface area contributed by atoms with Crippen molar-refractivity contribution in [1.29, 1.82) is 0 Å². The lowest BCUT2D eigenvalue weighted by Crippen LogP contribution is -2.57. The first-order chi connectivity index (χ1) is 12.5. The zero-order chi connectivity index (χ0) is 22.0. The molecule has 0 N–H and O–H groups in total. The summed E-state index contributed by atoms with van der Waals surface area (Å²) < 4.78 is 21.3. The van der Waals surface area contributed by atoms with Gasteiger partial charge in [-0.25, -0.2) is 0 Å². The Morgan fingerprint density at radius 3 is 1.82 bits per heavy atom. The first kappa shape index (κ1) is 26.7. The highest BCUT2D eigenvalue weighted by atomic mass is 28.5. The molecule has 1 heterocycles. The Hall–Kier alpha value is 0.668. The molecule has 9 heteroatoms. The second kappa shape index (κ2) is 9.43. The van der Waals surface area contributed by atoms with Crippen LogP contribution in [0.1, 0.15) is 20.3 Å². The highest BCUT2D eigenvalue weighted by Crippen LogP contribution is 2.35. The number of nitrogens with zero attached hydrogens (tertiary/aromatic N) is 2. The van der Waals surface area contributed by atoms with Crippen molar-refractivity contribution in [2.45, 2.75) is 91.4 Å². The lowest BCUT2D eigenvalue weighted by molar-refractivity contribution is -0.819. The molecule has 5 nitrogen and oxygen atoms in total. The third-order valence-corrected chi connectivity index (χ3v) is 19.0. The Morgan fingerprint density at radius 1 is 0.857 bits per heavy atom. The van der Waals surface area contributed by atoms with Gasteiger partial charge < -0.3 is 12.3 Å². The summed E-state index contributed by atoms with van der Waals surface area (Å²) in [6, 6.07) is 1.07. The van der Waals surface area contributed by atoms with Gasteiger partial charge in [0.25, 0.3) is 0 Å². The fourth-order valence-corrected chi connectivity index (χ4v) is 22.5. The van der Waals surface area contributed by atoms with Crippen LogP contribution in [0.25, 0.3) is 0 Å². The van der Waals surface area contributed by atoms with Gasteiger partial charge in [-0.2, -0.15) is 0 Å². The fraction of sp³-hybridized carbons (Fsp3) is 1.00. The molecule has 28 heavy (non-hydrogen) atoms. The second-order valence-electron chi connectivity index (χ2n) is 11.2. The van der Waals surface area contributed by atoms with Crippen LogP contribution in [0.3, 0.4) is 0 Å². The van der Waals surface area contributed by atoms with E-state index in [1.165, 1.54) is 30.5 Å². The van der Waals surface area contributed by atoms with Crippen molar-refractivity contribution in [2.75, 3.05) is 33.2 Å². The lowest BCUT2D eigenvalue weighted by atomic mass is 10.4. The number of hydrogen-bond donors (Lipinski definition) is 0. The Labute approximate surface area is 180 Å².